The van der Waals surface area contributed by atoms with Crippen molar-refractivity contribution in [2.24, 2.45) is 11.8 Å². The standard InChI is InChI=1S/C22H24N2O3/c25-21-10-18-13-24(14-19(18)12-23-21)22(26)11-17-8-4-5-9-20(17)27-15-16-6-2-1-3-7-16/h1-9,18-19H,10-15H2,(H,23,25)/t18-,19+/m1/s1. The van der Waals surface area contributed by atoms with Crippen molar-refractivity contribution in [1.29, 1.82) is 0 Å². The molecule has 5 heteroatoms. The Hall–Kier alpha value is -2.82. The van der Waals surface area contributed by atoms with Gasteiger partial charge in [-0.15, -0.1) is 0 Å². The van der Waals surface area contributed by atoms with E-state index in [0.717, 1.165) is 23.4 Å². The summed E-state index contributed by atoms with van der Waals surface area (Å²) in [6.45, 7) is 2.58. The fourth-order valence-electron chi connectivity index (χ4n) is 3.96. The molecule has 0 unspecified atom stereocenters. The maximum Gasteiger partial charge on any atom is 0.227 e. The van der Waals surface area contributed by atoms with Gasteiger partial charge in [0.25, 0.3) is 0 Å². The predicted octanol–water partition coefficient (Wildman–Crippen LogP) is 2.40. The van der Waals surface area contributed by atoms with Crippen molar-refractivity contribution < 1.29 is 14.3 Å². The molecule has 2 aliphatic heterocycles. The van der Waals surface area contributed by atoms with Crippen LogP contribution in [0.2, 0.25) is 0 Å². The number of fused-ring (bicyclic) bond motifs is 1. The molecule has 2 aromatic rings. The molecule has 2 heterocycles. The highest BCUT2D eigenvalue weighted by atomic mass is 16.5. The molecule has 27 heavy (non-hydrogen) atoms. The molecular weight excluding hydrogens is 340 g/mol. The van der Waals surface area contributed by atoms with E-state index in [4.69, 9.17) is 4.74 Å². The number of likely N-dealkylation sites (tertiary alicyclic amines) is 1. The van der Waals surface area contributed by atoms with Gasteiger partial charge in [-0.2, -0.15) is 0 Å². The second kappa shape index (κ2) is 7.82. The molecule has 0 radical (unpaired) electrons. The van der Waals surface area contributed by atoms with Gasteiger partial charge in [-0.1, -0.05) is 48.5 Å². The third-order valence-electron chi connectivity index (χ3n) is 5.49. The summed E-state index contributed by atoms with van der Waals surface area (Å²) < 4.78 is 5.97. The molecule has 4 rings (SSSR count). The van der Waals surface area contributed by atoms with E-state index in [-0.39, 0.29) is 11.8 Å². The highest BCUT2D eigenvalue weighted by Gasteiger charge is 2.38. The van der Waals surface area contributed by atoms with E-state index in [2.05, 4.69) is 5.32 Å². The zero-order valence-corrected chi connectivity index (χ0v) is 15.3. The molecule has 2 fully saturated rings. The molecule has 0 spiro atoms. The van der Waals surface area contributed by atoms with Crippen LogP contribution in [-0.2, 0) is 22.6 Å². The van der Waals surface area contributed by atoms with Gasteiger partial charge < -0.3 is 15.0 Å². The van der Waals surface area contributed by atoms with Crippen LogP contribution in [0, 0.1) is 11.8 Å². The minimum absolute atomic E-state index is 0.102. The maximum absolute atomic E-state index is 12.8. The lowest BCUT2D eigenvalue weighted by atomic mass is 9.89. The number of rotatable bonds is 5. The lowest BCUT2D eigenvalue weighted by molar-refractivity contribution is -0.130. The van der Waals surface area contributed by atoms with Crippen molar-refractivity contribution in [2.75, 3.05) is 19.6 Å². The van der Waals surface area contributed by atoms with Crippen LogP contribution in [0.25, 0.3) is 0 Å². The third-order valence-corrected chi connectivity index (χ3v) is 5.49. The molecule has 2 atom stereocenters. The van der Waals surface area contributed by atoms with Crippen LogP contribution in [0.1, 0.15) is 17.5 Å². The number of hydrogen-bond donors (Lipinski definition) is 1. The summed E-state index contributed by atoms with van der Waals surface area (Å²) in [5, 5.41) is 2.91. The van der Waals surface area contributed by atoms with Crippen molar-refractivity contribution in [3.63, 3.8) is 0 Å². The summed E-state index contributed by atoms with van der Waals surface area (Å²) in [6, 6.07) is 17.7. The number of amides is 2. The minimum atomic E-state index is 0.102. The average Bonchev–Trinajstić information content (AvgIpc) is 3.11. The van der Waals surface area contributed by atoms with E-state index in [0.29, 0.717) is 44.4 Å². The van der Waals surface area contributed by atoms with Crippen molar-refractivity contribution in [3.8, 4) is 5.75 Å². The summed E-state index contributed by atoms with van der Waals surface area (Å²) in [5.74, 6) is 1.64. The highest BCUT2D eigenvalue weighted by Crippen LogP contribution is 2.29. The summed E-state index contributed by atoms with van der Waals surface area (Å²) in [5.41, 5.74) is 2.00. The zero-order valence-electron chi connectivity index (χ0n) is 15.3. The fourth-order valence-corrected chi connectivity index (χ4v) is 3.96. The third kappa shape index (κ3) is 4.13. The molecule has 0 aromatic heterocycles. The first kappa shape index (κ1) is 17.6. The molecule has 2 saturated heterocycles. The number of carbonyl (C=O) groups excluding carboxylic acids is 2. The molecular formula is C22H24N2O3. The van der Waals surface area contributed by atoms with Crippen LogP contribution >= 0.6 is 0 Å². The molecule has 0 bridgehead atoms. The molecule has 0 saturated carbocycles. The molecule has 1 N–H and O–H groups in total. The average molecular weight is 364 g/mol. The van der Waals surface area contributed by atoms with E-state index in [1.165, 1.54) is 0 Å². The normalized spacial score (nSPS) is 21.5. The van der Waals surface area contributed by atoms with Gasteiger partial charge >= 0.3 is 0 Å². The van der Waals surface area contributed by atoms with Gasteiger partial charge in [0.1, 0.15) is 12.4 Å². The van der Waals surface area contributed by atoms with Gasteiger partial charge in [-0.3, -0.25) is 9.59 Å². The van der Waals surface area contributed by atoms with Crippen molar-refractivity contribution in [2.45, 2.75) is 19.4 Å². The number of ether oxygens (including phenoxy) is 1. The molecule has 140 valence electrons. The first-order valence-corrected chi connectivity index (χ1v) is 9.48. The number of nitrogens with one attached hydrogen (secondary N) is 1. The van der Waals surface area contributed by atoms with Crippen molar-refractivity contribution >= 4 is 11.8 Å². The molecule has 2 amide bonds. The van der Waals surface area contributed by atoms with E-state index in [1.807, 2.05) is 59.5 Å². The van der Waals surface area contributed by atoms with Crippen LogP contribution in [0.15, 0.2) is 54.6 Å². The van der Waals surface area contributed by atoms with Crippen LogP contribution in [-0.4, -0.2) is 36.3 Å². The number of nitrogens with zero attached hydrogens (tertiary/aromatic N) is 1. The Labute approximate surface area is 159 Å². The van der Waals surface area contributed by atoms with Gasteiger partial charge in [0.2, 0.25) is 11.8 Å². The summed E-state index contributed by atoms with van der Waals surface area (Å²) >= 11 is 0. The molecule has 5 nitrogen and oxygen atoms in total. The Kier molecular flexibility index (Phi) is 5.10. The zero-order chi connectivity index (χ0) is 18.6. The predicted molar refractivity (Wildman–Crippen MR) is 102 cm³/mol. The first-order chi connectivity index (χ1) is 13.2. The van der Waals surface area contributed by atoms with Gasteiger partial charge in [-0.25, -0.2) is 0 Å². The lowest BCUT2D eigenvalue weighted by Gasteiger charge is -2.23. The molecule has 2 aliphatic rings. The number of piperidine rings is 1. The van der Waals surface area contributed by atoms with E-state index in [1.54, 1.807) is 0 Å². The van der Waals surface area contributed by atoms with E-state index < -0.39 is 0 Å². The van der Waals surface area contributed by atoms with Crippen LogP contribution in [0.5, 0.6) is 5.75 Å². The monoisotopic (exact) mass is 364 g/mol. The lowest BCUT2D eigenvalue weighted by Crippen LogP contribution is -2.40. The van der Waals surface area contributed by atoms with Crippen LogP contribution in [0.4, 0.5) is 0 Å². The Balaban J connectivity index is 1.39. The quantitative estimate of drug-likeness (QED) is 0.886. The second-order valence-electron chi connectivity index (χ2n) is 7.39. The smallest absolute Gasteiger partial charge is 0.227 e. The summed E-state index contributed by atoms with van der Waals surface area (Å²) in [6.07, 6.45) is 0.858. The highest BCUT2D eigenvalue weighted by molar-refractivity contribution is 5.81. The van der Waals surface area contributed by atoms with Gasteiger partial charge in [0, 0.05) is 31.6 Å². The van der Waals surface area contributed by atoms with Crippen LogP contribution < -0.4 is 10.1 Å². The SMILES string of the molecule is O=C1C[C@@H]2CN(C(=O)Cc3ccccc3OCc3ccccc3)C[C@@H]2CN1. The summed E-state index contributed by atoms with van der Waals surface area (Å²) in [4.78, 5) is 26.3. The molecule has 2 aromatic carbocycles. The second-order valence-corrected chi connectivity index (χ2v) is 7.39. The van der Waals surface area contributed by atoms with Gasteiger partial charge in [0.05, 0.1) is 6.42 Å². The Morgan fingerprint density at radius 2 is 1.78 bits per heavy atom. The first-order valence-electron chi connectivity index (χ1n) is 9.48. The van der Waals surface area contributed by atoms with E-state index >= 15 is 0 Å². The number of para-hydroxylation sites is 1. The van der Waals surface area contributed by atoms with Crippen molar-refractivity contribution in [3.05, 3.63) is 65.7 Å². The largest absolute Gasteiger partial charge is 0.489 e. The minimum Gasteiger partial charge on any atom is -0.489 e. The van der Waals surface area contributed by atoms with Gasteiger partial charge in [0.15, 0.2) is 0 Å². The fraction of sp³-hybridized carbons (Fsp3) is 0.364. The topological polar surface area (TPSA) is 58.6 Å². The number of carbonyl (C=O) groups is 2. The Morgan fingerprint density at radius 1 is 1.04 bits per heavy atom. The molecule has 0 aliphatic carbocycles. The number of hydrogen-bond acceptors (Lipinski definition) is 3. The van der Waals surface area contributed by atoms with Crippen molar-refractivity contribution in [1.82, 2.24) is 10.2 Å². The summed E-state index contributed by atoms with van der Waals surface area (Å²) in [7, 11) is 0. The maximum atomic E-state index is 12.8. The Morgan fingerprint density at radius 3 is 2.63 bits per heavy atom. The van der Waals surface area contributed by atoms with E-state index in [9.17, 15) is 9.59 Å². The van der Waals surface area contributed by atoms with Crippen LogP contribution in [0.3, 0.4) is 0 Å². The van der Waals surface area contributed by atoms with Gasteiger partial charge in [-0.05, 0) is 23.5 Å². The number of benzene rings is 2. The Bertz CT molecular complexity index is 821.